The maximum atomic E-state index is 11.0. The monoisotopic (exact) mass is 552 g/mol. The molecule has 36 heavy (non-hydrogen) atoms. The molecule has 0 saturated carbocycles. The van der Waals surface area contributed by atoms with E-state index < -0.39 is 20.0 Å². The van der Waals surface area contributed by atoms with Crippen molar-refractivity contribution in [1.82, 2.24) is 0 Å². The van der Waals surface area contributed by atoms with Gasteiger partial charge in [0.25, 0.3) is 0 Å². The Morgan fingerprint density at radius 3 is 1.81 bits per heavy atom. The lowest BCUT2D eigenvalue weighted by molar-refractivity contribution is -0.190. The van der Waals surface area contributed by atoms with Crippen LogP contribution in [0.15, 0.2) is 0 Å². The average Bonchev–Trinajstić information content (AvgIpc) is 2.87. The highest BCUT2D eigenvalue weighted by atomic mass is 32.2. The van der Waals surface area contributed by atoms with E-state index in [9.17, 15) is 14.5 Å². The number of rotatable bonds is 28. The molecule has 0 heterocycles. The predicted molar refractivity (Wildman–Crippen MR) is 155 cm³/mol. The summed E-state index contributed by atoms with van der Waals surface area (Å²) >= 11 is 2.04. The smallest absolute Gasteiger partial charge is 0.371 e. The molecule has 0 aliphatic rings. The van der Waals surface area contributed by atoms with Gasteiger partial charge < -0.3 is 24.3 Å². The molecule has 0 radical (unpaired) electrons. The van der Waals surface area contributed by atoms with Gasteiger partial charge in [0.1, 0.15) is 8.46 Å². The minimum atomic E-state index is -2.56. The van der Waals surface area contributed by atoms with Crippen LogP contribution in [0.4, 0.5) is 0 Å². The number of unbranched alkanes of at least 4 members (excludes halogenated alkanes) is 14. The summed E-state index contributed by atoms with van der Waals surface area (Å²) in [4.78, 5) is 11.0. The predicted octanol–water partition coefficient (Wildman–Crippen LogP) is 8.06. The highest BCUT2D eigenvalue weighted by Crippen LogP contribution is 2.26. The molecular formula is C28H57O6PS. The fourth-order valence-electron chi connectivity index (χ4n) is 4.21. The van der Waals surface area contributed by atoms with E-state index in [1.54, 1.807) is 0 Å². The van der Waals surface area contributed by atoms with Crippen molar-refractivity contribution in [2.75, 3.05) is 19.0 Å². The Labute approximate surface area is 227 Å². The summed E-state index contributed by atoms with van der Waals surface area (Å²) in [5, 5.41) is 19.0. The standard InChI is InChI=1S/C28H57O6PS/c1-4-6-8-10-12-13-14-15-17-19-24-36-26(21-18-16-11-9-7-5-2)25(3)33-22-20-23-34-28(31,35-32)27(29)30/h25-26,31H,4-24,35H2,1-3H3,(H,29,30). The Kier molecular flexibility index (Phi) is 25.2. The van der Waals surface area contributed by atoms with Crippen LogP contribution in [-0.2, 0) is 18.8 Å². The van der Waals surface area contributed by atoms with Gasteiger partial charge in [0, 0.05) is 11.9 Å². The Morgan fingerprint density at radius 1 is 0.806 bits per heavy atom. The van der Waals surface area contributed by atoms with Gasteiger partial charge >= 0.3 is 11.5 Å². The number of thioether (sulfide) groups is 1. The fraction of sp³-hybridized carbons (Fsp3) is 0.964. The van der Waals surface area contributed by atoms with Crippen LogP contribution in [0, 0.1) is 0 Å². The van der Waals surface area contributed by atoms with Crippen molar-refractivity contribution in [1.29, 1.82) is 0 Å². The van der Waals surface area contributed by atoms with Crippen LogP contribution >= 0.6 is 20.2 Å². The molecule has 0 aromatic heterocycles. The lowest BCUT2D eigenvalue weighted by atomic mass is 10.1. The van der Waals surface area contributed by atoms with Crippen LogP contribution in [0.5, 0.6) is 0 Å². The lowest BCUT2D eigenvalue weighted by Crippen LogP contribution is -2.36. The largest absolute Gasteiger partial charge is 0.477 e. The first-order chi connectivity index (χ1) is 17.4. The van der Waals surface area contributed by atoms with Gasteiger partial charge in [-0.05, 0) is 31.9 Å². The zero-order chi connectivity index (χ0) is 26.9. The van der Waals surface area contributed by atoms with E-state index in [0.717, 1.165) is 6.42 Å². The van der Waals surface area contributed by atoms with Crippen molar-refractivity contribution in [3.63, 3.8) is 0 Å². The van der Waals surface area contributed by atoms with E-state index in [1.165, 1.54) is 108 Å². The van der Waals surface area contributed by atoms with Crippen LogP contribution < -0.4 is 0 Å². The van der Waals surface area contributed by atoms with Gasteiger partial charge in [-0.3, -0.25) is 0 Å². The van der Waals surface area contributed by atoms with Crippen molar-refractivity contribution in [2.45, 2.75) is 153 Å². The van der Waals surface area contributed by atoms with Crippen LogP contribution in [0.25, 0.3) is 0 Å². The van der Waals surface area contributed by atoms with Gasteiger partial charge in [-0.2, -0.15) is 11.8 Å². The normalized spacial score (nSPS) is 15.3. The van der Waals surface area contributed by atoms with E-state index >= 15 is 0 Å². The van der Waals surface area contributed by atoms with Gasteiger partial charge in [0.15, 0.2) is 0 Å². The first kappa shape index (κ1) is 35.9. The first-order valence-corrected chi connectivity index (χ1v) is 16.8. The lowest BCUT2D eigenvalue weighted by Gasteiger charge is -2.24. The molecule has 4 unspecified atom stereocenters. The third-order valence-corrected chi connectivity index (χ3v) is 8.96. The van der Waals surface area contributed by atoms with Crippen molar-refractivity contribution in [3.8, 4) is 0 Å². The van der Waals surface area contributed by atoms with Crippen LogP contribution in [0.2, 0.25) is 0 Å². The van der Waals surface area contributed by atoms with Crippen LogP contribution in [0.1, 0.15) is 136 Å². The molecule has 6 nitrogen and oxygen atoms in total. The maximum Gasteiger partial charge on any atom is 0.371 e. The number of hydrogen-bond donors (Lipinski definition) is 2. The molecule has 0 bridgehead atoms. The van der Waals surface area contributed by atoms with E-state index in [4.69, 9.17) is 14.6 Å². The summed E-state index contributed by atoms with van der Waals surface area (Å²) in [5.74, 6) is -0.435. The highest BCUT2D eigenvalue weighted by Gasteiger charge is 2.36. The van der Waals surface area contributed by atoms with Crippen molar-refractivity contribution >= 4 is 26.2 Å². The Hall–Kier alpha value is -0.0700. The topological polar surface area (TPSA) is 93.1 Å². The zero-order valence-corrected chi connectivity index (χ0v) is 25.5. The van der Waals surface area contributed by atoms with Gasteiger partial charge in [-0.15, -0.1) is 0 Å². The third-order valence-electron chi connectivity index (χ3n) is 6.65. The number of aliphatic carboxylic acids is 1. The van der Waals surface area contributed by atoms with Crippen LogP contribution in [-0.4, -0.2) is 52.0 Å². The summed E-state index contributed by atoms with van der Waals surface area (Å²) in [6.07, 6.45) is 23.0. The van der Waals surface area contributed by atoms with E-state index in [0.29, 0.717) is 18.3 Å². The quantitative estimate of drug-likeness (QED) is 0.0576. The molecule has 0 fully saturated rings. The minimum absolute atomic E-state index is 0.00139. The molecule has 2 N–H and O–H groups in total. The number of aliphatic hydroxyl groups is 1. The summed E-state index contributed by atoms with van der Waals surface area (Å²) in [6.45, 7) is 7.06. The number of ether oxygens (including phenoxy) is 2. The molecule has 0 aromatic carbocycles. The third kappa shape index (κ3) is 20.0. The van der Waals surface area contributed by atoms with E-state index in [2.05, 4.69) is 20.8 Å². The Balaban J connectivity index is 4.21. The molecule has 8 heteroatoms. The Morgan fingerprint density at radius 2 is 1.31 bits per heavy atom. The summed E-state index contributed by atoms with van der Waals surface area (Å²) < 4.78 is 22.0. The minimum Gasteiger partial charge on any atom is -0.477 e. The molecule has 0 aliphatic carbocycles. The second kappa shape index (κ2) is 25.2. The summed E-state index contributed by atoms with van der Waals surface area (Å²) in [6, 6.07) is 0. The van der Waals surface area contributed by atoms with Gasteiger partial charge in [0.05, 0.1) is 12.7 Å². The highest BCUT2D eigenvalue weighted by molar-refractivity contribution is 7.99. The molecule has 0 aliphatic heterocycles. The van der Waals surface area contributed by atoms with Gasteiger partial charge in [-0.1, -0.05) is 110 Å². The Bertz CT molecular complexity index is 524. The molecule has 0 rings (SSSR count). The van der Waals surface area contributed by atoms with Crippen molar-refractivity contribution < 1.29 is 29.0 Å². The van der Waals surface area contributed by atoms with E-state index in [-0.39, 0.29) is 12.7 Å². The number of hydrogen-bond acceptors (Lipinski definition) is 6. The molecule has 0 aromatic rings. The van der Waals surface area contributed by atoms with Gasteiger partial charge in [0.2, 0.25) is 0 Å². The average molecular weight is 553 g/mol. The molecule has 0 spiro atoms. The molecule has 0 amide bonds. The first-order valence-electron chi connectivity index (χ1n) is 14.7. The van der Waals surface area contributed by atoms with E-state index in [1.807, 2.05) is 11.8 Å². The summed E-state index contributed by atoms with van der Waals surface area (Å²) in [7, 11) is -1.98. The van der Waals surface area contributed by atoms with Crippen molar-refractivity contribution in [2.24, 2.45) is 0 Å². The molecule has 216 valence electrons. The molecule has 0 saturated heterocycles. The molecule has 4 atom stereocenters. The second-order valence-electron chi connectivity index (χ2n) is 10.0. The van der Waals surface area contributed by atoms with Crippen LogP contribution in [0.3, 0.4) is 0 Å². The SMILES string of the molecule is CCCCCCCCCCCCSC(CCCCCCCC)C(C)OCCCOC(O)([PH2]=O)C(=O)O. The van der Waals surface area contributed by atoms with Crippen molar-refractivity contribution in [3.05, 3.63) is 0 Å². The number of carboxylic acid groups (broad SMARTS) is 1. The summed E-state index contributed by atoms with van der Waals surface area (Å²) in [5.41, 5.74) is -2.56. The molecular weight excluding hydrogens is 495 g/mol. The zero-order valence-electron chi connectivity index (χ0n) is 23.5. The second-order valence-corrected chi connectivity index (χ2v) is 12.4. The maximum absolute atomic E-state index is 11.0. The number of carboxylic acids is 1. The van der Waals surface area contributed by atoms with Gasteiger partial charge in [-0.25, -0.2) is 4.79 Å². The fourth-order valence-corrected chi connectivity index (χ4v) is 5.86. The number of carbonyl (C=O) groups is 1.